The zero-order valence-electron chi connectivity index (χ0n) is 13.2. The summed E-state index contributed by atoms with van der Waals surface area (Å²) in [6, 6.07) is 9.74. The lowest BCUT2D eigenvalue weighted by Crippen LogP contribution is -2.35. The molecule has 0 spiro atoms. The third kappa shape index (κ3) is 4.07. The molecule has 126 valence electrons. The van der Waals surface area contributed by atoms with Gasteiger partial charge in [0.05, 0.1) is 13.7 Å². The standard InChI is InChI=1S/C17H16F2N2O3/c1-21(17(23)16-13(18)4-3-5-14(16)19)10-15(22)20-11-6-8-12(24-2)9-7-11/h3-9H,10H2,1-2H3,(H,20,22). The number of ether oxygens (including phenoxy) is 1. The minimum absolute atomic E-state index is 0.349. The predicted octanol–water partition coefficient (Wildman–Crippen LogP) is 2.68. The number of hydrogen-bond acceptors (Lipinski definition) is 3. The number of nitrogens with one attached hydrogen (secondary N) is 1. The highest BCUT2D eigenvalue weighted by atomic mass is 19.1. The van der Waals surface area contributed by atoms with E-state index < -0.39 is 29.0 Å². The Bertz CT molecular complexity index is 728. The van der Waals surface area contributed by atoms with Crippen molar-refractivity contribution in [3.63, 3.8) is 0 Å². The lowest BCUT2D eigenvalue weighted by atomic mass is 10.1. The average molecular weight is 334 g/mol. The Hall–Kier alpha value is -2.96. The zero-order valence-corrected chi connectivity index (χ0v) is 13.2. The van der Waals surface area contributed by atoms with Crippen LogP contribution in [0.15, 0.2) is 42.5 Å². The maximum atomic E-state index is 13.6. The molecule has 0 aromatic heterocycles. The van der Waals surface area contributed by atoms with Crippen LogP contribution in [0.5, 0.6) is 5.75 Å². The summed E-state index contributed by atoms with van der Waals surface area (Å²) in [6.45, 7) is -0.349. The van der Waals surface area contributed by atoms with Crippen LogP contribution in [0.2, 0.25) is 0 Å². The maximum Gasteiger partial charge on any atom is 0.260 e. The van der Waals surface area contributed by atoms with Crippen LogP contribution in [0.25, 0.3) is 0 Å². The SMILES string of the molecule is COc1ccc(NC(=O)CN(C)C(=O)c2c(F)cccc2F)cc1. The number of nitrogens with zero attached hydrogens (tertiary/aromatic N) is 1. The van der Waals surface area contributed by atoms with E-state index in [0.717, 1.165) is 23.1 Å². The van der Waals surface area contributed by atoms with Gasteiger partial charge in [-0.05, 0) is 36.4 Å². The van der Waals surface area contributed by atoms with Crippen molar-refractivity contribution >= 4 is 17.5 Å². The molecule has 0 aliphatic heterocycles. The summed E-state index contributed by atoms with van der Waals surface area (Å²) in [5.74, 6) is -2.71. The molecule has 1 N–H and O–H groups in total. The molecule has 2 aromatic rings. The third-order valence-corrected chi connectivity index (χ3v) is 3.28. The number of hydrogen-bond donors (Lipinski definition) is 1. The van der Waals surface area contributed by atoms with E-state index in [1.54, 1.807) is 24.3 Å². The molecule has 0 saturated heterocycles. The van der Waals surface area contributed by atoms with Gasteiger partial charge in [-0.15, -0.1) is 0 Å². The smallest absolute Gasteiger partial charge is 0.260 e. The van der Waals surface area contributed by atoms with Crippen molar-refractivity contribution in [2.45, 2.75) is 0 Å². The van der Waals surface area contributed by atoms with Gasteiger partial charge in [0, 0.05) is 12.7 Å². The molecule has 2 aromatic carbocycles. The van der Waals surface area contributed by atoms with Crippen molar-refractivity contribution in [2.24, 2.45) is 0 Å². The van der Waals surface area contributed by atoms with E-state index >= 15 is 0 Å². The number of carbonyl (C=O) groups excluding carboxylic acids is 2. The molecule has 24 heavy (non-hydrogen) atoms. The highest BCUT2D eigenvalue weighted by molar-refractivity contribution is 5.99. The first-order chi connectivity index (χ1) is 11.4. The van der Waals surface area contributed by atoms with Crippen LogP contribution in [0.1, 0.15) is 10.4 Å². The number of benzene rings is 2. The number of likely N-dealkylation sites (N-methyl/N-ethyl adjacent to an activating group) is 1. The van der Waals surface area contributed by atoms with Crippen molar-refractivity contribution in [3.05, 3.63) is 59.7 Å². The van der Waals surface area contributed by atoms with Crippen LogP contribution in [0.4, 0.5) is 14.5 Å². The summed E-state index contributed by atoms with van der Waals surface area (Å²) in [5, 5.41) is 2.58. The van der Waals surface area contributed by atoms with Gasteiger partial charge in [-0.2, -0.15) is 0 Å². The summed E-state index contributed by atoms with van der Waals surface area (Å²) < 4.78 is 32.2. The molecule has 0 aliphatic rings. The van der Waals surface area contributed by atoms with Crippen LogP contribution in [0, 0.1) is 11.6 Å². The minimum Gasteiger partial charge on any atom is -0.497 e. The fraction of sp³-hybridized carbons (Fsp3) is 0.176. The van der Waals surface area contributed by atoms with Crippen LogP contribution in [-0.4, -0.2) is 37.4 Å². The second-order valence-corrected chi connectivity index (χ2v) is 5.03. The second-order valence-electron chi connectivity index (χ2n) is 5.03. The Morgan fingerprint density at radius 2 is 1.67 bits per heavy atom. The van der Waals surface area contributed by atoms with Crippen molar-refractivity contribution < 1.29 is 23.1 Å². The number of carbonyl (C=O) groups is 2. The molecular weight excluding hydrogens is 318 g/mol. The molecule has 0 atom stereocenters. The molecule has 0 fully saturated rings. The molecule has 2 amide bonds. The first-order valence-corrected chi connectivity index (χ1v) is 7.05. The Labute approximate surface area is 137 Å². The third-order valence-electron chi connectivity index (χ3n) is 3.28. The van der Waals surface area contributed by atoms with E-state index in [-0.39, 0.29) is 6.54 Å². The van der Waals surface area contributed by atoms with Crippen LogP contribution < -0.4 is 10.1 Å². The van der Waals surface area contributed by atoms with Gasteiger partial charge in [-0.25, -0.2) is 8.78 Å². The number of amides is 2. The molecule has 0 aliphatic carbocycles. The molecule has 5 nitrogen and oxygen atoms in total. The van der Waals surface area contributed by atoms with E-state index in [0.29, 0.717) is 11.4 Å². The summed E-state index contributed by atoms with van der Waals surface area (Å²) in [7, 11) is 2.82. The normalized spacial score (nSPS) is 10.2. The fourth-order valence-corrected chi connectivity index (χ4v) is 2.06. The molecule has 7 heteroatoms. The van der Waals surface area contributed by atoms with E-state index in [1.807, 2.05) is 0 Å². The van der Waals surface area contributed by atoms with Gasteiger partial charge in [0.15, 0.2) is 0 Å². The quantitative estimate of drug-likeness (QED) is 0.915. The summed E-state index contributed by atoms with van der Waals surface area (Å²) >= 11 is 0. The Morgan fingerprint density at radius 1 is 1.08 bits per heavy atom. The summed E-state index contributed by atoms with van der Waals surface area (Å²) in [4.78, 5) is 25.0. The van der Waals surface area contributed by atoms with Crippen molar-refractivity contribution in [3.8, 4) is 5.75 Å². The van der Waals surface area contributed by atoms with Gasteiger partial charge in [0.2, 0.25) is 5.91 Å². The van der Waals surface area contributed by atoms with E-state index in [4.69, 9.17) is 4.74 Å². The van der Waals surface area contributed by atoms with Crippen LogP contribution in [0.3, 0.4) is 0 Å². The van der Waals surface area contributed by atoms with Gasteiger partial charge in [-0.1, -0.05) is 6.07 Å². The molecule has 0 saturated carbocycles. The molecule has 0 bridgehead atoms. The Morgan fingerprint density at radius 3 is 2.21 bits per heavy atom. The van der Waals surface area contributed by atoms with E-state index in [1.165, 1.54) is 14.2 Å². The van der Waals surface area contributed by atoms with Crippen molar-refractivity contribution in [2.75, 3.05) is 26.0 Å². The van der Waals surface area contributed by atoms with Gasteiger partial charge in [0.25, 0.3) is 5.91 Å². The second kappa shape index (κ2) is 7.54. The Kier molecular flexibility index (Phi) is 5.47. The topological polar surface area (TPSA) is 58.6 Å². The lowest BCUT2D eigenvalue weighted by Gasteiger charge is -2.17. The van der Waals surface area contributed by atoms with E-state index in [2.05, 4.69) is 5.32 Å². The van der Waals surface area contributed by atoms with Gasteiger partial charge >= 0.3 is 0 Å². The monoisotopic (exact) mass is 334 g/mol. The molecular formula is C17H16F2N2O3. The maximum absolute atomic E-state index is 13.6. The largest absolute Gasteiger partial charge is 0.497 e. The van der Waals surface area contributed by atoms with Gasteiger partial charge < -0.3 is 15.0 Å². The Balaban J connectivity index is 2.01. The fourth-order valence-electron chi connectivity index (χ4n) is 2.06. The number of methoxy groups -OCH3 is 1. The average Bonchev–Trinajstić information content (AvgIpc) is 2.55. The zero-order chi connectivity index (χ0) is 17.7. The van der Waals surface area contributed by atoms with Crippen LogP contribution >= 0.6 is 0 Å². The summed E-state index contributed by atoms with van der Waals surface area (Å²) in [6.07, 6.45) is 0. The molecule has 2 rings (SSSR count). The highest BCUT2D eigenvalue weighted by Gasteiger charge is 2.22. The highest BCUT2D eigenvalue weighted by Crippen LogP contribution is 2.16. The molecule has 0 unspecified atom stereocenters. The molecule has 0 heterocycles. The van der Waals surface area contributed by atoms with Gasteiger partial charge in [0.1, 0.15) is 22.9 Å². The number of anilines is 1. The van der Waals surface area contributed by atoms with Crippen molar-refractivity contribution in [1.29, 1.82) is 0 Å². The lowest BCUT2D eigenvalue weighted by molar-refractivity contribution is -0.116. The van der Waals surface area contributed by atoms with Crippen LogP contribution in [-0.2, 0) is 4.79 Å². The van der Waals surface area contributed by atoms with Gasteiger partial charge in [-0.3, -0.25) is 9.59 Å². The minimum atomic E-state index is -0.970. The summed E-state index contributed by atoms with van der Waals surface area (Å²) in [5.41, 5.74) is -0.170. The predicted molar refractivity (Wildman–Crippen MR) is 84.9 cm³/mol. The first kappa shape index (κ1) is 17.4. The number of halogens is 2. The number of rotatable bonds is 5. The first-order valence-electron chi connectivity index (χ1n) is 7.05. The van der Waals surface area contributed by atoms with Crippen molar-refractivity contribution in [1.82, 2.24) is 4.90 Å². The molecule has 0 radical (unpaired) electrons. The van der Waals surface area contributed by atoms with E-state index in [9.17, 15) is 18.4 Å².